The van der Waals surface area contributed by atoms with Gasteiger partial charge >= 0.3 is 23.9 Å². The summed E-state index contributed by atoms with van der Waals surface area (Å²) in [4.78, 5) is 87.7. The first-order chi connectivity index (χ1) is 51.0. The van der Waals surface area contributed by atoms with Crippen LogP contribution < -0.4 is 59.3 Å². The minimum atomic E-state index is -0.998. The molecule has 36 heteroatoms. The summed E-state index contributed by atoms with van der Waals surface area (Å²) in [5, 5.41) is 98.6. The molecular weight excluding hydrogens is 1410 g/mol. The highest BCUT2D eigenvalue weighted by molar-refractivity contribution is 7.80. The molecule has 570 valence electrons. The van der Waals surface area contributed by atoms with Crippen LogP contribution in [0.15, 0.2) is 97.1 Å². The van der Waals surface area contributed by atoms with Crippen LogP contribution in [0.5, 0.6) is 0 Å². The van der Waals surface area contributed by atoms with Crippen LogP contribution in [0.3, 0.4) is 0 Å². The summed E-state index contributed by atoms with van der Waals surface area (Å²) >= 11 is 10.9. The molecule has 6 atom stereocenters. The Balaban J connectivity index is 0.000000297. The van der Waals surface area contributed by atoms with E-state index in [1.807, 2.05) is 107 Å². The number of hydrogen-bond donors (Lipinski definition) is 15. The van der Waals surface area contributed by atoms with Crippen molar-refractivity contribution >= 4 is 88.2 Å². The van der Waals surface area contributed by atoms with Crippen molar-refractivity contribution in [3.05, 3.63) is 131 Å². The van der Waals surface area contributed by atoms with Gasteiger partial charge in [0.1, 0.15) is 6.61 Å². The SMILES string of the molecule is Cc1nnc(-c2ccc(CNC(=O)C(N)CCCCNC(=S)Nc3ccc(CC4NC(COC=O)CNC(CC(=O)O)CNC4CC(=O)O)cc3)cc2)nn1.Cc1nnc(-c2ccc(CNC(=O)C(N)CCCCNC(=S)Nc3ccc(CN4CCN(CC(=O)O)CCN(CC(=O)O)CC4)cc3)cc2)nn1. The minimum absolute atomic E-state index is 0.0294. The number of rotatable bonds is 35. The Morgan fingerprint density at radius 1 is 0.519 bits per heavy atom. The van der Waals surface area contributed by atoms with Crippen molar-refractivity contribution in [3.63, 3.8) is 0 Å². The number of unbranched alkanes of at least 4 members (excludes halogenated alkanes) is 2. The number of carboxylic acid groups (broad SMARTS) is 4. The van der Waals surface area contributed by atoms with Gasteiger partial charge in [0.05, 0.1) is 44.1 Å². The number of nitrogens with zero attached hydrogens (tertiary/aromatic N) is 11. The van der Waals surface area contributed by atoms with Crippen molar-refractivity contribution in [2.75, 3.05) is 95.8 Å². The lowest BCUT2D eigenvalue weighted by molar-refractivity contribution is -0.140. The number of carboxylic acids is 4. The summed E-state index contributed by atoms with van der Waals surface area (Å²) in [6.45, 7) is 10.3. The third-order valence-corrected chi connectivity index (χ3v) is 17.7. The Hall–Kier alpha value is -9.89. The van der Waals surface area contributed by atoms with E-state index < -0.39 is 48.0 Å². The van der Waals surface area contributed by atoms with Crippen LogP contribution in [0.1, 0.15) is 85.3 Å². The summed E-state index contributed by atoms with van der Waals surface area (Å²) in [6.07, 6.45) is 4.17. The van der Waals surface area contributed by atoms with E-state index >= 15 is 0 Å². The third-order valence-electron chi connectivity index (χ3n) is 17.2. The fourth-order valence-corrected chi connectivity index (χ4v) is 11.9. The summed E-state index contributed by atoms with van der Waals surface area (Å²) in [6, 6.07) is 27.4. The number of ether oxygens (including phenoxy) is 1. The molecule has 2 aliphatic heterocycles. The standard InChI is InChI=1S/C36H49N11O7S.C34H47N11O5S/c1-22-44-46-34(47-45-22)25-9-5-24(6-10-25)17-41-35(53)29(37)4-2-3-13-38-36(55)43-26-11-7-23(8-12-26)14-31-30(16-33(51)52)40-18-27(15-32(49)50)39-19-28(42-31)20-54-21-48;1-24-39-41-32(42-40-24)27-9-5-25(6-10-27)20-37-33(50)29(35)4-2-3-13-36-34(51)38-28-11-7-26(8-12-28)21-43-14-16-44(22-30(46)47)18-19-45(17-15-43)23-31(48)49/h5-12,21,27-31,39-40,42H,2-4,13-20,37H2,1H3,(H,41,53)(H,49,50)(H,51,52)(H2,38,43,55);5-12,29H,2-4,13-23,35H2,1H3,(H,37,50)(H,46,47)(H,48,49)(H2,36,38,51). The Kier molecular flexibility index (Phi) is 35.2. The van der Waals surface area contributed by atoms with Gasteiger partial charge in [0.25, 0.3) is 6.47 Å². The molecule has 2 amide bonds. The number of thiocarbonyl (C=S) groups is 2. The van der Waals surface area contributed by atoms with E-state index in [1.54, 1.807) is 13.8 Å². The quantitative estimate of drug-likeness (QED) is 0.0151. The molecule has 0 saturated carbocycles. The number of hydrogen-bond acceptors (Lipinski definition) is 26. The molecular formula is C70H96N22O12S2. The summed E-state index contributed by atoms with van der Waals surface area (Å²) < 4.78 is 5.00. The van der Waals surface area contributed by atoms with E-state index in [0.29, 0.717) is 138 Å². The maximum absolute atomic E-state index is 12.6. The van der Waals surface area contributed by atoms with E-state index in [1.165, 1.54) is 0 Å². The Morgan fingerprint density at radius 3 is 1.36 bits per heavy atom. The second-order valence-corrected chi connectivity index (χ2v) is 26.6. The van der Waals surface area contributed by atoms with E-state index in [0.717, 1.165) is 70.4 Å². The molecule has 2 fully saturated rings. The van der Waals surface area contributed by atoms with E-state index in [9.17, 15) is 54.0 Å². The highest BCUT2D eigenvalue weighted by atomic mass is 32.1. The smallest absolute Gasteiger partial charge is 0.317 e. The molecule has 0 spiro atoms. The monoisotopic (exact) mass is 1500 g/mol. The second-order valence-electron chi connectivity index (χ2n) is 25.8. The van der Waals surface area contributed by atoms with Crippen LogP contribution in [0, 0.1) is 13.8 Å². The van der Waals surface area contributed by atoms with Gasteiger partial charge in [0.2, 0.25) is 23.5 Å². The molecule has 0 bridgehead atoms. The van der Waals surface area contributed by atoms with Gasteiger partial charge in [-0.3, -0.25) is 48.3 Å². The van der Waals surface area contributed by atoms with Crippen molar-refractivity contribution in [2.45, 2.75) is 128 Å². The number of aliphatic carboxylic acids is 4. The Morgan fingerprint density at radius 2 is 0.934 bits per heavy atom. The van der Waals surface area contributed by atoms with Crippen LogP contribution >= 0.6 is 24.4 Å². The number of anilines is 2. The summed E-state index contributed by atoms with van der Waals surface area (Å²) in [5.74, 6) is -2.34. The molecule has 2 aliphatic rings. The first-order valence-electron chi connectivity index (χ1n) is 35.0. The van der Waals surface area contributed by atoms with E-state index in [-0.39, 0.29) is 63.0 Å². The molecule has 6 unspecified atom stereocenters. The summed E-state index contributed by atoms with van der Waals surface area (Å²) in [5.41, 5.74) is 19.3. The van der Waals surface area contributed by atoms with Gasteiger partial charge in [0, 0.05) is 126 Å². The number of nitrogens with two attached hydrogens (primary N) is 2. The van der Waals surface area contributed by atoms with Crippen LogP contribution in [-0.2, 0) is 64.4 Å². The number of carbonyl (C=O) groups excluding carboxylic acids is 3. The molecule has 17 N–H and O–H groups in total. The lowest BCUT2D eigenvalue weighted by atomic mass is 9.95. The molecule has 4 aromatic carbocycles. The zero-order valence-electron chi connectivity index (χ0n) is 59.4. The van der Waals surface area contributed by atoms with Gasteiger partial charge in [-0.25, -0.2) is 0 Å². The predicted molar refractivity (Wildman–Crippen MR) is 402 cm³/mol. The van der Waals surface area contributed by atoms with Crippen LogP contribution in [0.2, 0.25) is 0 Å². The van der Waals surface area contributed by atoms with Gasteiger partial charge in [-0.15, -0.1) is 40.8 Å². The molecule has 2 saturated heterocycles. The molecule has 2 aromatic heterocycles. The van der Waals surface area contributed by atoms with Gasteiger partial charge in [-0.1, -0.05) is 72.8 Å². The molecule has 4 heterocycles. The maximum Gasteiger partial charge on any atom is 0.317 e. The number of aromatic nitrogens is 8. The number of benzene rings is 4. The maximum atomic E-state index is 12.6. The van der Waals surface area contributed by atoms with E-state index in [2.05, 4.69) is 93.5 Å². The van der Waals surface area contributed by atoms with Crippen LogP contribution in [-0.4, -0.2) is 250 Å². The average Bonchev–Trinajstić information content (AvgIpc) is 1.41. The van der Waals surface area contributed by atoms with Gasteiger partial charge < -0.3 is 84.5 Å². The van der Waals surface area contributed by atoms with Gasteiger partial charge in [0.15, 0.2) is 21.9 Å². The van der Waals surface area contributed by atoms with Crippen molar-refractivity contribution in [2.24, 2.45) is 11.5 Å². The normalized spacial score (nSPS) is 17.2. The topological polar surface area (TPSA) is 483 Å². The first-order valence-corrected chi connectivity index (χ1v) is 35.8. The fraction of sp³-hybridized carbons (Fsp3) is 0.471. The number of aryl methyl sites for hydroxylation is 2. The average molecular weight is 1500 g/mol. The van der Waals surface area contributed by atoms with Crippen molar-refractivity contribution in [1.82, 2.24) is 92.7 Å². The highest BCUT2D eigenvalue weighted by Gasteiger charge is 2.31. The zero-order chi connectivity index (χ0) is 76.2. The van der Waals surface area contributed by atoms with Crippen LogP contribution in [0.25, 0.3) is 22.8 Å². The minimum Gasteiger partial charge on any atom is -0.481 e. The largest absolute Gasteiger partial charge is 0.481 e. The molecule has 34 nitrogen and oxygen atoms in total. The second kappa shape index (κ2) is 44.8. The van der Waals surface area contributed by atoms with Crippen molar-refractivity contribution in [1.29, 1.82) is 0 Å². The van der Waals surface area contributed by atoms with Gasteiger partial charge in [-0.05, 0) is 130 Å². The molecule has 0 aliphatic carbocycles. The lowest BCUT2D eigenvalue weighted by Gasteiger charge is -2.30. The highest BCUT2D eigenvalue weighted by Crippen LogP contribution is 2.19. The third kappa shape index (κ3) is 31.4. The Labute approximate surface area is 625 Å². The number of carbonyl (C=O) groups is 7. The zero-order valence-corrected chi connectivity index (χ0v) is 61.0. The molecule has 0 radical (unpaired) electrons. The lowest BCUT2D eigenvalue weighted by Crippen LogP contribution is -2.54. The molecule has 8 rings (SSSR count). The fourth-order valence-electron chi connectivity index (χ4n) is 11.5. The molecule has 106 heavy (non-hydrogen) atoms. The van der Waals surface area contributed by atoms with Crippen molar-refractivity contribution in [3.8, 4) is 22.8 Å². The Bertz CT molecular complexity index is 3740. The van der Waals surface area contributed by atoms with E-state index in [4.69, 9.17) is 40.6 Å². The molecule has 6 aromatic rings. The number of nitrogens with one attached hydrogen (secondary N) is 9. The van der Waals surface area contributed by atoms with Gasteiger partial charge in [-0.2, -0.15) is 0 Å². The first kappa shape index (κ1) is 83.4. The number of amides is 2. The summed E-state index contributed by atoms with van der Waals surface area (Å²) in [7, 11) is 0. The van der Waals surface area contributed by atoms with Crippen molar-refractivity contribution < 1.29 is 58.7 Å². The van der Waals surface area contributed by atoms with Crippen LogP contribution in [0.4, 0.5) is 11.4 Å². The predicted octanol–water partition coefficient (Wildman–Crippen LogP) is 1.20.